The molecular formula is C21H26N4O3S. The molecule has 0 N–H and O–H groups in total. The van der Waals surface area contributed by atoms with Gasteiger partial charge in [-0.1, -0.05) is 17.3 Å². The molecule has 0 saturated carbocycles. The maximum Gasteiger partial charge on any atom is 0.223 e. The number of benzene rings is 1. The van der Waals surface area contributed by atoms with Crippen molar-refractivity contribution in [2.24, 2.45) is 0 Å². The number of aryl methyl sites for hydroxylation is 2. The number of rotatable bonds is 7. The molecule has 8 heteroatoms. The van der Waals surface area contributed by atoms with Gasteiger partial charge in [-0.3, -0.25) is 4.79 Å². The summed E-state index contributed by atoms with van der Waals surface area (Å²) in [6.07, 6.45) is 3.65. The largest absolute Gasteiger partial charge is 0.385 e. The maximum atomic E-state index is 12.8. The first-order valence-electron chi connectivity index (χ1n) is 10.0. The van der Waals surface area contributed by atoms with Crippen LogP contribution in [-0.4, -0.2) is 52.7 Å². The number of nitrogens with zero attached hydrogens (tertiary/aromatic N) is 4. The molecule has 0 radical (unpaired) electrons. The third-order valence-corrected chi connectivity index (χ3v) is 6.85. The van der Waals surface area contributed by atoms with Gasteiger partial charge in [0.05, 0.1) is 15.2 Å². The molecule has 0 bridgehead atoms. The van der Waals surface area contributed by atoms with Crippen molar-refractivity contribution in [3.8, 4) is 0 Å². The quantitative estimate of drug-likeness (QED) is 0.588. The van der Waals surface area contributed by atoms with Crippen LogP contribution in [0.1, 0.15) is 42.4 Å². The van der Waals surface area contributed by atoms with Crippen molar-refractivity contribution < 1.29 is 14.1 Å². The van der Waals surface area contributed by atoms with Crippen LogP contribution in [0, 0.1) is 6.92 Å². The molecule has 3 aromatic rings. The van der Waals surface area contributed by atoms with Gasteiger partial charge in [0.15, 0.2) is 5.82 Å². The van der Waals surface area contributed by atoms with Crippen molar-refractivity contribution in [1.82, 2.24) is 20.0 Å². The maximum absolute atomic E-state index is 12.8. The monoisotopic (exact) mass is 414 g/mol. The minimum atomic E-state index is -0.183. The zero-order valence-electron chi connectivity index (χ0n) is 16.9. The predicted octanol–water partition coefficient (Wildman–Crippen LogP) is 3.52. The molecule has 1 aromatic carbocycles. The normalized spacial score (nSPS) is 16.4. The lowest BCUT2D eigenvalue weighted by atomic mass is 9.75. The third kappa shape index (κ3) is 4.33. The Morgan fingerprint density at radius 2 is 2.07 bits per heavy atom. The van der Waals surface area contributed by atoms with Crippen LogP contribution in [0.15, 0.2) is 28.8 Å². The van der Waals surface area contributed by atoms with Crippen LogP contribution < -0.4 is 0 Å². The lowest BCUT2D eigenvalue weighted by Crippen LogP contribution is -2.46. The molecule has 3 heterocycles. The van der Waals surface area contributed by atoms with E-state index in [1.165, 1.54) is 4.70 Å². The van der Waals surface area contributed by atoms with Crippen molar-refractivity contribution in [1.29, 1.82) is 0 Å². The molecule has 1 fully saturated rings. The number of thiazole rings is 1. The Balaban J connectivity index is 1.36. The van der Waals surface area contributed by atoms with Crippen LogP contribution in [0.2, 0.25) is 0 Å². The summed E-state index contributed by atoms with van der Waals surface area (Å²) in [5, 5.41) is 5.20. The van der Waals surface area contributed by atoms with E-state index < -0.39 is 0 Å². The molecule has 1 saturated heterocycles. The number of hydrogen-bond acceptors (Lipinski definition) is 7. The minimum Gasteiger partial charge on any atom is -0.385 e. The second-order valence-electron chi connectivity index (χ2n) is 7.62. The van der Waals surface area contributed by atoms with Gasteiger partial charge in [-0.15, -0.1) is 11.3 Å². The first-order valence-corrected chi connectivity index (χ1v) is 10.8. The Labute approximate surface area is 174 Å². The van der Waals surface area contributed by atoms with Crippen molar-refractivity contribution in [3.05, 3.63) is 41.0 Å². The summed E-state index contributed by atoms with van der Waals surface area (Å²) in [7, 11) is 1.70. The van der Waals surface area contributed by atoms with Crippen LogP contribution in [0.3, 0.4) is 0 Å². The summed E-state index contributed by atoms with van der Waals surface area (Å²) in [5.74, 6) is 1.51. The highest BCUT2D eigenvalue weighted by molar-refractivity contribution is 7.18. The standard InChI is InChI=1S/C21H26N4O3S/c1-15-22-20(24-28-15)21(11-14-27-2)9-12-25(13-10-21)19(26)8-7-18-23-16-5-3-4-6-17(16)29-18/h3-6H,7-14H2,1-2H3. The van der Waals surface area contributed by atoms with E-state index in [0.717, 1.165) is 35.6 Å². The van der Waals surface area contributed by atoms with Crippen LogP contribution in [-0.2, 0) is 21.4 Å². The molecule has 154 valence electrons. The van der Waals surface area contributed by atoms with Gasteiger partial charge < -0.3 is 14.2 Å². The van der Waals surface area contributed by atoms with Gasteiger partial charge in [-0.25, -0.2) is 4.98 Å². The van der Waals surface area contributed by atoms with E-state index in [2.05, 4.69) is 21.2 Å². The summed E-state index contributed by atoms with van der Waals surface area (Å²) < 4.78 is 11.7. The van der Waals surface area contributed by atoms with Crippen molar-refractivity contribution >= 4 is 27.5 Å². The number of ether oxygens (including phenoxy) is 1. The number of hydrogen-bond donors (Lipinski definition) is 0. The lowest BCUT2D eigenvalue weighted by molar-refractivity contribution is -0.133. The lowest BCUT2D eigenvalue weighted by Gasteiger charge is -2.39. The fourth-order valence-corrected chi connectivity index (χ4v) is 4.95. The highest BCUT2D eigenvalue weighted by Gasteiger charge is 2.40. The summed E-state index contributed by atoms with van der Waals surface area (Å²) in [6, 6.07) is 8.10. The van der Waals surface area contributed by atoms with Gasteiger partial charge in [-0.2, -0.15) is 4.98 Å². The molecule has 1 amide bonds. The molecule has 4 rings (SSSR count). The average Bonchev–Trinajstić information content (AvgIpc) is 3.37. The number of likely N-dealkylation sites (tertiary alicyclic amines) is 1. The minimum absolute atomic E-state index is 0.183. The zero-order valence-corrected chi connectivity index (χ0v) is 17.7. The van der Waals surface area contributed by atoms with Gasteiger partial charge >= 0.3 is 0 Å². The summed E-state index contributed by atoms with van der Waals surface area (Å²) in [4.78, 5) is 23.9. The zero-order chi connectivity index (χ0) is 20.3. The second kappa shape index (κ2) is 8.59. The number of carbonyl (C=O) groups excluding carboxylic acids is 1. The SMILES string of the molecule is COCCC1(c2noc(C)n2)CCN(C(=O)CCc2nc3ccccc3s2)CC1. The van der Waals surface area contributed by atoms with Crippen LogP contribution in [0.5, 0.6) is 0 Å². The first kappa shape index (κ1) is 20.0. The number of para-hydroxylation sites is 1. The van der Waals surface area contributed by atoms with Crippen LogP contribution in [0.4, 0.5) is 0 Å². The molecule has 0 unspecified atom stereocenters. The number of carbonyl (C=O) groups is 1. The van der Waals surface area contributed by atoms with Crippen LogP contribution in [0.25, 0.3) is 10.2 Å². The Hall–Kier alpha value is -2.32. The number of methoxy groups -OCH3 is 1. The van der Waals surface area contributed by atoms with Crippen molar-refractivity contribution in [2.45, 2.75) is 44.4 Å². The molecular weight excluding hydrogens is 388 g/mol. The summed E-state index contributed by atoms with van der Waals surface area (Å²) in [5.41, 5.74) is 0.827. The Bertz CT molecular complexity index is 942. The van der Waals surface area contributed by atoms with E-state index in [-0.39, 0.29) is 11.3 Å². The van der Waals surface area contributed by atoms with Gasteiger partial charge in [0.1, 0.15) is 0 Å². The Kier molecular flexibility index (Phi) is 5.91. The molecule has 7 nitrogen and oxygen atoms in total. The molecule has 0 spiro atoms. The van der Waals surface area contributed by atoms with Gasteiger partial charge in [-0.05, 0) is 31.4 Å². The molecule has 1 aliphatic heterocycles. The highest BCUT2D eigenvalue weighted by Crippen LogP contribution is 2.37. The average molecular weight is 415 g/mol. The Morgan fingerprint density at radius 3 is 2.76 bits per heavy atom. The van der Waals surface area contributed by atoms with Gasteiger partial charge in [0.2, 0.25) is 11.8 Å². The van der Waals surface area contributed by atoms with Gasteiger partial charge in [0.25, 0.3) is 0 Å². The molecule has 1 aliphatic rings. The van der Waals surface area contributed by atoms with E-state index in [1.807, 2.05) is 23.1 Å². The third-order valence-electron chi connectivity index (χ3n) is 5.75. The number of aromatic nitrogens is 3. The smallest absolute Gasteiger partial charge is 0.223 e. The summed E-state index contributed by atoms with van der Waals surface area (Å²) >= 11 is 1.67. The number of piperidine rings is 1. The van der Waals surface area contributed by atoms with E-state index in [4.69, 9.17) is 9.26 Å². The van der Waals surface area contributed by atoms with Crippen molar-refractivity contribution in [3.63, 3.8) is 0 Å². The number of amides is 1. The summed E-state index contributed by atoms with van der Waals surface area (Å²) in [6.45, 7) is 3.85. The molecule has 2 aromatic heterocycles. The molecule has 0 aliphatic carbocycles. The topological polar surface area (TPSA) is 81.4 Å². The fourth-order valence-electron chi connectivity index (χ4n) is 3.98. The van der Waals surface area contributed by atoms with E-state index >= 15 is 0 Å². The fraction of sp³-hybridized carbons (Fsp3) is 0.524. The van der Waals surface area contributed by atoms with E-state index in [9.17, 15) is 4.79 Å². The van der Waals surface area contributed by atoms with Crippen molar-refractivity contribution in [2.75, 3.05) is 26.8 Å². The Morgan fingerprint density at radius 1 is 1.28 bits per heavy atom. The molecule has 29 heavy (non-hydrogen) atoms. The predicted molar refractivity (Wildman–Crippen MR) is 111 cm³/mol. The van der Waals surface area contributed by atoms with E-state index in [1.54, 1.807) is 25.4 Å². The van der Waals surface area contributed by atoms with Crippen LogP contribution >= 0.6 is 11.3 Å². The molecule has 0 atom stereocenters. The number of fused-ring (bicyclic) bond motifs is 1. The van der Waals surface area contributed by atoms with E-state index in [0.29, 0.717) is 38.4 Å². The van der Waals surface area contributed by atoms with Gasteiger partial charge in [0, 0.05) is 52.0 Å². The highest BCUT2D eigenvalue weighted by atomic mass is 32.1. The second-order valence-corrected chi connectivity index (χ2v) is 8.73. The first-order chi connectivity index (χ1) is 14.1.